The second kappa shape index (κ2) is 11.0. The molecule has 1 unspecified atom stereocenters. The third-order valence-electron chi connectivity index (χ3n) is 2.08. The fourth-order valence-corrected chi connectivity index (χ4v) is 1.23. The first kappa shape index (κ1) is 13.9. The predicted octanol–water partition coefficient (Wildman–Crippen LogP) is 1.82. The Morgan fingerprint density at radius 2 is 2.00 bits per heavy atom. The van der Waals surface area contributed by atoms with Crippen molar-refractivity contribution in [1.82, 2.24) is 5.32 Å². The number of ether oxygens (including phenoxy) is 2. The summed E-state index contributed by atoms with van der Waals surface area (Å²) >= 11 is 0. The lowest BCUT2D eigenvalue weighted by atomic mass is 10.2. The van der Waals surface area contributed by atoms with Crippen molar-refractivity contribution in [2.75, 3.05) is 33.4 Å². The van der Waals surface area contributed by atoms with Crippen LogP contribution in [0.1, 0.15) is 33.1 Å². The Bertz CT molecular complexity index is 109. The molecule has 0 amide bonds. The molecule has 0 bridgehead atoms. The van der Waals surface area contributed by atoms with Crippen molar-refractivity contribution in [3.8, 4) is 0 Å². The molecule has 3 heteroatoms. The van der Waals surface area contributed by atoms with E-state index in [-0.39, 0.29) is 0 Å². The van der Waals surface area contributed by atoms with Crippen LogP contribution in [-0.2, 0) is 9.47 Å². The molecule has 0 spiro atoms. The Balaban J connectivity index is 3.06. The molecule has 0 aliphatic heterocycles. The van der Waals surface area contributed by atoms with Crippen LogP contribution in [0.15, 0.2) is 0 Å². The first-order valence-electron chi connectivity index (χ1n) is 5.62. The van der Waals surface area contributed by atoms with Crippen molar-refractivity contribution in [1.29, 1.82) is 0 Å². The van der Waals surface area contributed by atoms with E-state index in [2.05, 4.69) is 19.2 Å². The molecule has 0 aromatic heterocycles. The van der Waals surface area contributed by atoms with Crippen LogP contribution in [0.4, 0.5) is 0 Å². The third-order valence-corrected chi connectivity index (χ3v) is 2.08. The summed E-state index contributed by atoms with van der Waals surface area (Å²) in [6.45, 7) is 7.93. The summed E-state index contributed by atoms with van der Waals surface area (Å²) in [4.78, 5) is 0. The maximum atomic E-state index is 5.54. The van der Waals surface area contributed by atoms with Crippen molar-refractivity contribution in [3.05, 3.63) is 0 Å². The Morgan fingerprint density at radius 3 is 2.64 bits per heavy atom. The second-order valence-electron chi connectivity index (χ2n) is 3.57. The second-order valence-corrected chi connectivity index (χ2v) is 3.57. The number of rotatable bonds is 10. The molecule has 0 fully saturated rings. The van der Waals surface area contributed by atoms with Gasteiger partial charge in [0.05, 0.1) is 19.3 Å². The van der Waals surface area contributed by atoms with Gasteiger partial charge in [-0.25, -0.2) is 0 Å². The normalized spacial score (nSPS) is 13.1. The van der Waals surface area contributed by atoms with Crippen molar-refractivity contribution in [3.63, 3.8) is 0 Å². The minimum absolute atomic E-state index is 0.355. The van der Waals surface area contributed by atoms with Gasteiger partial charge in [-0.05, 0) is 39.3 Å². The largest absolute Gasteiger partial charge is 0.382 e. The molecule has 3 nitrogen and oxygen atoms in total. The minimum Gasteiger partial charge on any atom is -0.382 e. The molecular formula is C11H25NO2. The number of nitrogens with one attached hydrogen (secondary N) is 1. The Labute approximate surface area is 88.2 Å². The lowest BCUT2D eigenvalue weighted by Gasteiger charge is -2.12. The summed E-state index contributed by atoms with van der Waals surface area (Å²) in [7, 11) is 1.70. The van der Waals surface area contributed by atoms with E-state index in [0.717, 1.165) is 19.5 Å². The first-order valence-corrected chi connectivity index (χ1v) is 5.62. The molecule has 86 valence electrons. The van der Waals surface area contributed by atoms with Crippen LogP contribution in [-0.4, -0.2) is 39.5 Å². The maximum absolute atomic E-state index is 5.54. The lowest BCUT2D eigenvalue weighted by molar-refractivity contribution is 0.0218. The standard InChI is InChI=1S/C11H25NO2/c1-4-7-12-8-5-6-11(2)14-10-9-13-3/h11-12H,4-10H2,1-3H3. The zero-order valence-electron chi connectivity index (χ0n) is 9.84. The van der Waals surface area contributed by atoms with Crippen LogP contribution in [0.5, 0.6) is 0 Å². The van der Waals surface area contributed by atoms with Gasteiger partial charge in [0, 0.05) is 7.11 Å². The number of hydrogen-bond donors (Lipinski definition) is 1. The summed E-state index contributed by atoms with van der Waals surface area (Å²) in [5, 5.41) is 3.38. The van der Waals surface area contributed by atoms with Gasteiger partial charge in [0.1, 0.15) is 0 Å². The topological polar surface area (TPSA) is 30.5 Å². The van der Waals surface area contributed by atoms with Crippen LogP contribution in [0.2, 0.25) is 0 Å². The highest BCUT2D eigenvalue weighted by molar-refractivity contribution is 4.53. The van der Waals surface area contributed by atoms with E-state index in [1.54, 1.807) is 7.11 Å². The van der Waals surface area contributed by atoms with E-state index in [1.165, 1.54) is 12.8 Å². The molecule has 0 aromatic carbocycles. The Kier molecular flexibility index (Phi) is 10.9. The zero-order valence-corrected chi connectivity index (χ0v) is 9.84. The van der Waals surface area contributed by atoms with E-state index in [0.29, 0.717) is 19.3 Å². The molecule has 0 rings (SSSR count). The lowest BCUT2D eigenvalue weighted by Crippen LogP contribution is -2.19. The van der Waals surface area contributed by atoms with Crippen LogP contribution in [0.3, 0.4) is 0 Å². The number of hydrogen-bond acceptors (Lipinski definition) is 3. The Morgan fingerprint density at radius 1 is 1.21 bits per heavy atom. The van der Waals surface area contributed by atoms with Gasteiger partial charge in [-0.2, -0.15) is 0 Å². The number of methoxy groups -OCH3 is 1. The SMILES string of the molecule is CCCNCCCC(C)OCCOC. The highest BCUT2D eigenvalue weighted by atomic mass is 16.5. The van der Waals surface area contributed by atoms with Crippen LogP contribution < -0.4 is 5.32 Å². The molecular weight excluding hydrogens is 178 g/mol. The van der Waals surface area contributed by atoms with Crippen LogP contribution >= 0.6 is 0 Å². The van der Waals surface area contributed by atoms with Gasteiger partial charge >= 0.3 is 0 Å². The molecule has 14 heavy (non-hydrogen) atoms. The van der Waals surface area contributed by atoms with E-state index >= 15 is 0 Å². The van der Waals surface area contributed by atoms with Crippen LogP contribution in [0.25, 0.3) is 0 Å². The summed E-state index contributed by atoms with van der Waals surface area (Å²) in [5.41, 5.74) is 0. The summed E-state index contributed by atoms with van der Waals surface area (Å²) in [6.07, 6.45) is 3.88. The smallest absolute Gasteiger partial charge is 0.0703 e. The third kappa shape index (κ3) is 9.96. The van der Waals surface area contributed by atoms with Crippen molar-refractivity contribution >= 4 is 0 Å². The fourth-order valence-electron chi connectivity index (χ4n) is 1.23. The highest BCUT2D eigenvalue weighted by Gasteiger charge is 2.00. The van der Waals surface area contributed by atoms with E-state index in [1.807, 2.05) is 0 Å². The molecule has 1 N–H and O–H groups in total. The Hall–Kier alpha value is -0.120. The van der Waals surface area contributed by atoms with E-state index < -0.39 is 0 Å². The quantitative estimate of drug-likeness (QED) is 0.549. The molecule has 0 aliphatic carbocycles. The van der Waals surface area contributed by atoms with Gasteiger partial charge in [0.2, 0.25) is 0 Å². The van der Waals surface area contributed by atoms with E-state index in [9.17, 15) is 0 Å². The molecule has 1 atom stereocenters. The molecule has 0 heterocycles. The van der Waals surface area contributed by atoms with Gasteiger partial charge in [0.15, 0.2) is 0 Å². The summed E-state index contributed by atoms with van der Waals surface area (Å²) < 4.78 is 10.4. The van der Waals surface area contributed by atoms with Gasteiger partial charge in [0.25, 0.3) is 0 Å². The highest BCUT2D eigenvalue weighted by Crippen LogP contribution is 2.00. The van der Waals surface area contributed by atoms with Gasteiger partial charge < -0.3 is 14.8 Å². The average molecular weight is 203 g/mol. The fraction of sp³-hybridized carbons (Fsp3) is 1.00. The molecule has 0 saturated heterocycles. The van der Waals surface area contributed by atoms with Crippen molar-refractivity contribution in [2.45, 2.75) is 39.2 Å². The van der Waals surface area contributed by atoms with Gasteiger partial charge in [-0.3, -0.25) is 0 Å². The summed E-state index contributed by atoms with van der Waals surface area (Å²) in [6, 6.07) is 0. The van der Waals surface area contributed by atoms with Crippen molar-refractivity contribution < 1.29 is 9.47 Å². The zero-order chi connectivity index (χ0) is 10.6. The van der Waals surface area contributed by atoms with Crippen molar-refractivity contribution in [2.24, 2.45) is 0 Å². The molecule has 0 aliphatic rings. The van der Waals surface area contributed by atoms with Gasteiger partial charge in [-0.1, -0.05) is 6.92 Å². The van der Waals surface area contributed by atoms with Gasteiger partial charge in [-0.15, -0.1) is 0 Å². The molecule has 0 radical (unpaired) electrons. The average Bonchev–Trinajstić information content (AvgIpc) is 2.18. The first-order chi connectivity index (χ1) is 6.81. The van der Waals surface area contributed by atoms with E-state index in [4.69, 9.17) is 9.47 Å². The summed E-state index contributed by atoms with van der Waals surface area (Å²) in [5.74, 6) is 0. The molecule has 0 saturated carbocycles. The molecule has 0 aromatic rings. The minimum atomic E-state index is 0.355. The maximum Gasteiger partial charge on any atom is 0.0703 e. The predicted molar refractivity (Wildman–Crippen MR) is 59.7 cm³/mol. The monoisotopic (exact) mass is 203 g/mol. The van der Waals surface area contributed by atoms with Crippen LogP contribution in [0, 0.1) is 0 Å².